The second-order valence-electron chi connectivity index (χ2n) is 6.87. The average Bonchev–Trinajstić information content (AvgIpc) is 2.98. The Morgan fingerprint density at radius 2 is 1.76 bits per heavy atom. The van der Waals surface area contributed by atoms with Crippen LogP contribution in [0.5, 0.6) is 0 Å². The molecular formula is C21H18N4O4. The Morgan fingerprint density at radius 3 is 2.52 bits per heavy atom. The minimum absolute atomic E-state index is 0.0538. The van der Waals surface area contributed by atoms with Crippen LogP contribution in [0.3, 0.4) is 0 Å². The summed E-state index contributed by atoms with van der Waals surface area (Å²) in [5.41, 5.74) is 6.79. The number of H-pyrrole nitrogens is 1. The van der Waals surface area contributed by atoms with Crippen molar-refractivity contribution in [2.45, 2.75) is 13.1 Å². The maximum atomic E-state index is 12.8. The Balaban J connectivity index is 1.56. The van der Waals surface area contributed by atoms with Crippen LogP contribution in [0.1, 0.15) is 21.5 Å². The molecule has 0 atom stereocenters. The van der Waals surface area contributed by atoms with Crippen molar-refractivity contribution in [3.63, 3.8) is 0 Å². The van der Waals surface area contributed by atoms with E-state index in [0.29, 0.717) is 16.5 Å². The van der Waals surface area contributed by atoms with Gasteiger partial charge in [-0.15, -0.1) is 0 Å². The lowest BCUT2D eigenvalue weighted by molar-refractivity contribution is -0.125. The number of carbonyl (C=O) groups excluding carboxylic acids is 3. The second-order valence-corrected chi connectivity index (χ2v) is 6.87. The Labute approximate surface area is 165 Å². The molecule has 1 fully saturated rings. The molecule has 146 valence electrons. The molecule has 2 heterocycles. The molecule has 3 N–H and O–H groups in total. The third kappa shape index (κ3) is 3.47. The van der Waals surface area contributed by atoms with E-state index in [0.717, 1.165) is 15.8 Å². The van der Waals surface area contributed by atoms with Crippen LogP contribution in [0.25, 0.3) is 10.8 Å². The third-order valence-electron chi connectivity index (χ3n) is 4.94. The van der Waals surface area contributed by atoms with Gasteiger partial charge in [-0.1, -0.05) is 30.3 Å². The fourth-order valence-electron chi connectivity index (χ4n) is 3.48. The normalized spacial score (nSPS) is 14.1. The van der Waals surface area contributed by atoms with Crippen molar-refractivity contribution in [3.05, 3.63) is 81.8 Å². The molecule has 1 aliphatic rings. The molecule has 0 radical (unpaired) electrons. The zero-order valence-electron chi connectivity index (χ0n) is 15.4. The summed E-state index contributed by atoms with van der Waals surface area (Å²) in [4.78, 5) is 53.8. The van der Waals surface area contributed by atoms with Gasteiger partial charge in [0.2, 0.25) is 5.91 Å². The number of pyridine rings is 1. The number of benzene rings is 2. The average molecular weight is 390 g/mol. The summed E-state index contributed by atoms with van der Waals surface area (Å²) in [6.07, 6.45) is 1.57. The standard InChI is InChI=1S/C21H18N4O4/c22-19(27)14-5-3-4-13(8-14)10-25-18(26)12-24(21(25)29)11-15-9-23-20(28)17-7-2-1-6-16(15)17/h1-9H,10-12H2,(H2,22,27)(H,23,28). The topological polar surface area (TPSA) is 117 Å². The molecule has 0 spiro atoms. The molecule has 0 bridgehead atoms. The van der Waals surface area contributed by atoms with E-state index >= 15 is 0 Å². The van der Waals surface area contributed by atoms with E-state index in [1.807, 2.05) is 12.1 Å². The summed E-state index contributed by atoms with van der Waals surface area (Å²) in [5, 5.41) is 1.27. The number of aromatic nitrogens is 1. The van der Waals surface area contributed by atoms with E-state index in [9.17, 15) is 19.2 Å². The number of amides is 4. The Morgan fingerprint density at radius 1 is 1.00 bits per heavy atom. The highest BCUT2D eigenvalue weighted by atomic mass is 16.2. The van der Waals surface area contributed by atoms with Crippen LogP contribution in [0.4, 0.5) is 4.79 Å². The smallest absolute Gasteiger partial charge is 0.327 e. The number of nitrogens with one attached hydrogen (secondary N) is 1. The summed E-state index contributed by atoms with van der Waals surface area (Å²) >= 11 is 0. The number of nitrogens with two attached hydrogens (primary N) is 1. The first-order chi connectivity index (χ1) is 13.9. The van der Waals surface area contributed by atoms with E-state index in [-0.39, 0.29) is 31.1 Å². The van der Waals surface area contributed by atoms with E-state index < -0.39 is 11.9 Å². The first kappa shape index (κ1) is 18.4. The van der Waals surface area contributed by atoms with Crippen molar-refractivity contribution in [3.8, 4) is 0 Å². The summed E-state index contributed by atoms with van der Waals surface area (Å²) in [5.74, 6) is -0.897. The van der Waals surface area contributed by atoms with Crippen molar-refractivity contribution >= 4 is 28.6 Å². The molecule has 4 rings (SSSR count). The van der Waals surface area contributed by atoms with Crippen LogP contribution in [-0.4, -0.2) is 39.2 Å². The van der Waals surface area contributed by atoms with E-state index in [2.05, 4.69) is 4.98 Å². The van der Waals surface area contributed by atoms with Crippen LogP contribution in [0.2, 0.25) is 0 Å². The first-order valence-electron chi connectivity index (χ1n) is 9.01. The highest BCUT2D eigenvalue weighted by Crippen LogP contribution is 2.21. The van der Waals surface area contributed by atoms with E-state index in [1.54, 1.807) is 42.6 Å². The van der Waals surface area contributed by atoms with Gasteiger partial charge in [-0.25, -0.2) is 4.79 Å². The lowest BCUT2D eigenvalue weighted by Gasteiger charge is -2.18. The van der Waals surface area contributed by atoms with Crippen molar-refractivity contribution in [2.24, 2.45) is 5.73 Å². The van der Waals surface area contributed by atoms with Crippen LogP contribution < -0.4 is 11.3 Å². The Bertz CT molecular complexity index is 1200. The monoisotopic (exact) mass is 390 g/mol. The number of aromatic amines is 1. The van der Waals surface area contributed by atoms with Crippen molar-refractivity contribution in [1.82, 2.24) is 14.8 Å². The van der Waals surface area contributed by atoms with Gasteiger partial charge in [0.1, 0.15) is 6.54 Å². The summed E-state index contributed by atoms with van der Waals surface area (Å²) in [7, 11) is 0. The molecule has 8 heteroatoms. The predicted octanol–water partition coefficient (Wildman–Crippen LogP) is 1.59. The fraction of sp³-hybridized carbons (Fsp3) is 0.143. The quantitative estimate of drug-likeness (QED) is 0.644. The van der Waals surface area contributed by atoms with Gasteiger partial charge in [0.15, 0.2) is 0 Å². The maximum absolute atomic E-state index is 12.8. The van der Waals surface area contributed by atoms with Crippen molar-refractivity contribution in [1.29, 1.82) is 0 Å². The minimum atomic E-state index is -0.572. The molecule has 1 aromatic heterocycles. The highest BCUT2D eigenvalue weighted by Gasteiger charge is 2.36. The van der Waals surface area contributed by atoms with Gasteiger partial charge in [0, 0.05) is 17.1 Å². The number of hydrogen-bond donors (Lipinski definition) is 2. The number of rotatable bonds is 5. The maximum Gasteiger partial charge on any atom is 0.327 e. The zero-order chi connectivity index (χ0) is 20.5. The SMILES string of the molecule is NC(=O)c1cccc(CN2C(=O)CN(Cc3c[nH]c(=O)c4ccccc34)C2=O)c1. The lowest BCUT2D eigenvalue weighted by atomic mass is 10.1. The summed E-state index contributed by atoms with van der Waals surface area (Å²) in [6.45, 7) is 0.198. The molecule has 0 saturated carbocycles. The molecule has 8 nitrogen and oxygen atoms in total. The van der Waals surface area contributed by atoms with Crippen LogP contribution in [0, 0.1) is 0 Å². The van der Waals surface area contributed by atoms with Gasteiger partial charge >= 0.3 is 6.03 Å². The highest BCUT2D eigenvalue weighted by molar-refractivity contribution is 6.02. The van der Waals surface area contributed by atoms with Gasteiger partial charge in [0.05, 0.1) is 13.1 Å². The van der Waals surface area contributed by atoms with Crippen LogP contribution in [-0.2, 0) is 17.9 Å². The van der Waals surface area contributed by atoms with E-state index in [1.165, 1.54) is 4.90 Å². The molecule has 0 unspecified atom stereocenters. The molecule has 2 aromatic carbocycles. The van der Waals surface area contributed by atoms with Crippen LogP contribution >= 0.6 is 0 Å². The second kappa shape index (κ2) is 7.23. The Kier molecular flexibility index (Phi) is 4.59. The number of imide groups is 1. The molecular weight excluding hydrogens is 372 g/mol. The van der Waals surface area contributed by atoms with Crippen molar-refractivity contribution < 1.29 is 14.4 Å². The van der Waals surface area contributed by atoms with Gasteiger partial charge in [0.25, 0.3) is 11.5 Å². The molecule has 4 amide bonds. The number of nitrogens with zero attached hydrogens (tertiary/aromatic N) is 2. The van der Waals surface area contributed by atoms with Gasteiger partial charge < -0.3 is 15.6 Å². The number of fused-ring (bicyclic) bond motifs is 1. The largest absolute Gasteiger partial charge is 0.366 e. The Hall–Kier alpha value is -3.94. The predicted molar refractivity (Wildman–Crippen MR) is 106 cm³/mol. The molecule has 1 aliphatic heterocycles. The van der Waals surface area contributed by atoms with Gasteiger partial charge in [-0.2, -0.15) is 0 Å². The molecule has 29 heavy (non-hydrogen) atoms. The van der Waals surface area contributed by atoms with Gasteiger partial charge in [-0.3, -0.25) is 19.3 Å². The number of hydrogen-bond acceptors (Lipinski definition) is 4. The third-order valence-corrected chi connectivity index (χ3v) is 4.94. The van der Waals surface area contributed by atoms with Crippen molar-refractivity contribution in [2.75, 3.05) is 6.54 Å². The molecule has 1 saturated heterocycles. The van der Waals surface area contributed by atoms with E-state index in [4.69, 9.17) is 5.73 Å². The summed E-state index contributed by atoms with van der Waals surface area (Å²) < 4.78 is 0. The number of urea groups is 1. The fourth-order valence-corrected chi connectivity index (χ4v) is 3.48. The van der Waals surface area contributed by atoms with Crippen LogP contribution in [0.15, 0.2) is 59.5 Å². The zero-order valence-corrected chi connectivity index (χ0v) is 15.4. The number of carbonyl (C=O) groups is 3. The molecule has 3 aromatic rings. The minimum Gasteiger partial charge on any atom is -0.366 e. The van der Waals surface area contributed by atoms with Gasteiger partial charge in [-0.05, 0) is 34.7 Å². The lowest BCUT2D eigenvalue weighted by Crippen LogP contribution is -2.32. The first-order valence-corrected chi connectivity index (χ1v) is 9.01. The molecule has 0 aliphatic carbocycles. The number of primary amides is 1. The summed E-state index contributed by atoms with van der Waals surface area (Å²) in [6, 6.07) is 13.2.